The molecule has 1 aliphatic rings. The zero-order valence-corrected chi connectivity index (χ0v) is 18.2. The number of carbonyl (C=O) groups excluding carboxylic acids is 1. The van der Waals surface area contributed by atoms with E-state index in [1.54, 1.807) is 15.7 Å². The quantitative estimate of drug-likeness (QED) is 0.598. The summed E-state index contributed by atoms with van der Waals surface area (Å²) < 4.78 is 8.38. The van der Waals surface area contributed by atoms with Crippen molar-refractivity contribution in [3.05, 3.63) is 63.4 Å². The molecule has 1 unspecified atom stereocenters. The Morgan fingerprint density at radius 3 is 2.84 bits per heavy atom. The van der Waals surface area contributed by atoms with Crippen molar-refractivity contribution in [2.45, 2.75) is 52.6 Å². The normalized spacial score (nSPS) is 16.0. The van der Waals surface area contributed by atoms with Gasteiger partial charge in [0.15, 0.2) is 0 Å². The molecule has 1 atom stereocenters. The first-order valence-electron chi connectivity index (χ1n) is 10.7. The molecule has 0 aromatic carbocycles. The first-order chi connectivity index (χ1) is 14.9. The highest BCUT2D eigenvalue weighted by atomic mass is 16.5. The lowest BCUT2D eigenvalue weighted by atomic mass is 9.98. The Morgan fingerprint density at radius 2 is 2.13 bits per heavy atom. The van der Waals surface area contributed by atoms with Crippen LogP contribution in [0.15, 0.2) is 33.7 Å². The Morgan fingerprint density at radius 1 is 1.29 bits per heavy atom. The molecule has 0 spiro atoms. The molecule has 0 fully saturated rings. The third-order valence-corrected chi connectivity index (χ3v) is 6.06. The van der Waals surface area contributed by atoms with Gasteiger partial charge in [-0.25, -0.2) is 9.48 Å². The maximum absolute atomic E-state index is 13.0. The molecule has 0 radical (unpaired) electrons. The van der Waals surface area contributed by atoms with E-state index in [1.807, 2.05) is 39.1 Å². The summed E-state index contributed by atoms with van der Waals surface area (Å²) in [6, 6.07) is 5.81. The fraction of sp³-hybridized carbons (Fsp3) is 0.500. The summed E-state index contributed by atoms with van der Waals surface area (Å²) in [4.78, 5) is 32.0. The van der Waals surface area contributed by atoms with Crippen molar-refractivity contribution in [3.8, 4) is 0 Å². The van der Waals surface area contributed by atoms with Crippen LogP contribution in [0, 0.1) is 19.8 Å². The second-order valence-electron chi connectivity index (χ2n) is 8.17. The average molecular weight is 425 g/mol. The minimum absolute atomic E-state index is 0.106. The van der Waals surface area contributed by atoms with E-state index in [4.69, 9.17) is 4.52 Å². The molecule has 9 nitrogen and oxygen atoms in total. The van der Waals surface area contributed by atoms with Gasteiger partial charge in [-0.2, -0.15) is 5.10 Å². The largest absolute Gasteiger partial charge is 0.361 e. The molecule has 9 heteroatoms. The number of amides is 1. The molecular formula is C22H28N6O3. The molecule has 3 aromatic rings. The summed E-state index contributed by atoms with van der Waals surface area (Å²) in [6.45, 7) is 5.17. The van der Waals surface area contributed by atoms with E-state index in [9.17, 15) is 9.59 Å². The predicted octanol–water partition coefficient (Wildman–Crippen LogP) is 1.75. The number of pyridine rings is 1. The highest BCUT2D eigenvalue weighted by molar-refractivity contribution is 5.78. The summed E-state index contributed by atoms with van der Waals surface area (Å²) >= 11 is 0. The van der Waals surface area contributed by atoms with Gasteiger partial charge in [0.05, 0.1) is 12.2 Å². The Hall–Kier alpha value is -3.23. The highest BCUT2D eigenvalue weighted by Crippen LogP contribution is 2.21. The third kappa shape index (κ3) is 4.45. The van der Waals surface area contributed by atoms with Crippen LogP contribution < -0.4 is 5.69 Å². The topological polar surface area (TPSA) is 99.0 Å². The molecule has 164 valence electrons. The van der Waals surface area contributed by atoms with Crippen LogP contribution in [0.3, 0.4) is 0 Å². The first-order valence-corrected chi connectivity index (χ1v) is 10.7. The van der Waals surface area contributed by atoms with E-state index in [0.717, 1.165) is 29.2 Å². The van der Waals surface area contributed by atoms with Crippen LogP contribution in [0.25, 0.3) is 0 Å². The van der Waals surface area contributed by atoms with Gasteiger partial charge in [0.1, 0.15) is 11.6 Å². The number of hydrogen-bond donors (Lipinski definition) is 0. The molecule has 4 rings (SSSR count). The van der Waals surface area contributed by atoms with Gasteiger partial charge >= 0.3 is 5.69 Å². The molecule has 4 heterocycles. The van der Waals surface area contributed by atoms with Crippen LogP contribution >= 0.6 is 0 Å². The molecule has 0 saturated carbocycles. The summed E-state index contributed by atoms with van der Waals surface area (Å²) in [5, 5.41) is 8.49. The van der Waals surface area contributed by atoms with E-state index in [2.05, 4.69) is 15.2 Å². The van der Waals surface area contributed by atoms with Gasteiger partial charge in [-0.05, 0) is 38.8 Å². The van der Waals surface area contributed by atoms with Crippen molar-refractivity contribution in [3.63, 3.8) is 0 Å². The van der Waals surface area contributed by atoms with Crippen molar-refractivity contribution in [2.75, 3.05) is 13.6 Å². The molecule has 1 aliphatic heterocycles. The highest BCUT2D eigenvalue weighted by Gasteiger charge is 2.27. The van der Waals surface area contributed by atoms with Gasteiger partial charge in [0, 0.05) is 56.4 Å². The molecule has 1 amide bonds. The number of likely N-dealkylation sites (N-methyl/N-ethyl adjacent to an activating group) is 1. The Bertz CT molecular complexity index is 1090. The van der Waals surface area contributed by atoms with Crippen LogP contribution in [-0.2, 0) is 30.7 Å². The van der Waals surface area contributed by atoms with E-state index in [1.165, 1.54) is 4.68 Å². The van der Waals surface area contributed by atoms with Crippen molar-refractivity contribution in [1.29, 1.82) is 0 Å². The zero-order chi connectivity index (χ0) is 22.0. The van der Waals surface area contributed by atoms with Crippen molar-refractivity contribution in [1.82, 2.24) is 29.4 Å². The smallest absolute Gasteiger partial charge is 0.346 e. The maximum Gasteiger partial charge on any atom is 0.346 e. The molecule has 31 heavy (non-hydrogen) atoms. The minimum atomic E-state index is -0.147. The monoisotopic (exact) mass is 424 g/mol. The standard InChI is InChI=1S/C22H28N6O3/c1-15-19(16(2)31-25-15)14-28-22(30)27-13-9-17(7-8-20(27)24-28)21(29)26(3)12-10-18-6-4-5-11-23-18/h4-6,11,17H,7-10,12-14H2,1-3H3. The molecular weight excluding hydrogens is 396 g/mol. The first kappa shape index (κ1) is 21.0. The SMILES string of the molecule is Cc1noc(C)c1Cn1nc2n(c1=O)CCC(C(=O)N(C)CCc1ccccn1)CC2. The number of aryl methyl sites for hydroxylation is 3. The van der Waals surface area contributed by atoms with Crippen molar-refractivity contribution in [2.24, 2.45) is 5.92 Å². The van der Waals surface area contributed by atoms with Crippen LogP contribution in [0.5, 0.6) is 0 Å². The lowest BCUT2D eigenvalue weighted by molar-refractivity contribution is -0.134. The second-order valence-corrected chi connectivity index (χ2v) is 8.17. The van der Waals surface area contributed by atoms with Gasteiger partial charge in [0.2, 0.25) is 5.91 Å². The molecule has 0 bridgehead atoms. The lowest BCUT2D eigenvalue weighted by Gasteiger charge is -2.22. The second kappa shape index (κ2) is 8.87. The predicted molar refractivity (Wildman–Crippen MR) is 114 cm³/mol. The van der Waals surface area contributed by atoms with Gasteiger partial charge in [-0.3, -0.25) is 14.3 Å². The summed E-state index contributed by atoms with van der Waals surface area (Å²) in [6.07, 6.45) is 4.42. The minimum Gasteiger partial charge on any atom is -0.361 e. The van der Waals surface area contributed by atoms with E-state index in [-0.39, 0.29) is 17.5 Å². The molecule has 3 aromatic heterocycles. The van der Waals surface area contributed by atoms with Gasteiger partial charge in [-0.15, -0.1) is 0 Å². The fourth-order valence-corrected chi connectivity index (χ4v) is 4.11. The Labute approximate surface area is 180 Å². The zero-order valence-electron chi connectivity index (χ0n) is 18.2. The average Bonchev–Trinajstić information content (AvgIpc) is 3.15. The van der Waals surface area contributed by atoms with Crippen LogP contribution in [0.2, 0.25) is 0 Å². The van der Waals surface area contributed by atoms with E-state index >= 15 is 0 Å². The van der Waals surface area contributed by atoms with Gasteiger partial charge in [-0.1, -0.05) is 11.2 Å². The van der Waals surface area contributed by atoms with Crippen molar-refractivity contribution >= 4 is 5.91 Å². The van der Waals surface area contributed by atoms with E-state index < -0.39 is 0 Å². The van der Waals surface area contributed by atoms with Gasteiger partial charge in [0.25, 0.3) is 0 Å². The maximum atomic E-state index is 13.0. The molecule has 0 N–H and O–H groups in total. The van der Waals surface area contributed by atoms with Gasteiger partial charge < -0.3 is 9.42 Å². The lowest BCUT2D eigenvalue weighted by Crippen LogP contribution is -2.35. The van der Waals surface area contributed by atoms with E-state index in [0.29, 0.717) is 44.7 Å². The molecule has 0 saturated heterocycles. The fourth-order valence-electron chi connectivity index (χ4n) is 4.11. The number of carbonyl (C=O) groups is 1. The number of nitrogens with zero attached hydrogens (tertiary/aromatic N) is 6. The Kier molecular flexibility index (Phi) is 6.01. The number of hydrogen-bond acceptors (Lipinski definition) is 6. The number of rotatable bonds is 6. The summed E-state index contributed by atoms with van der Waals surface area (Å²) in [7, 11) is 1.84. The molecule has 0 aliphatic carbocycles. The third-order valence-electron chi connectivity index (χ3n) is 6.06. The van der Waals surface area contributed by atoms with Crippen LogP contribution in [0.4, 0.5) is 0 Å². The van der Waals surface area contributed by atoms with Crippen molar-refractivity contribution < 1.29 is 9.32 Å². The Balaban J connectivity index is 1.39. The number of aromatic nitrogens is 5. The van der Waals surface area contributed by atoms with Crippen LogP contribution in [0.1, 0.15) is 41.4 Å². The van der Waals surface area contributed by atoms with Crippen LogP contribution in [-0.4, -0.2) is 48.9 Å². The number of fused-ring (bicyclic) bond motifs is 1. The summed E-state index contributed by atoms with van der Waals surface area (Å²) in [5.41, 5.74) is 2.48. The summed E-state index contributed by atoms with van der Waals surface area (Å²) in [5.74, 6) is 1.46.